The van der Waals surface area contributed by atoms with Crippen LogP contribution in [0.25, 0.3) is 10.9 Å². The normalized spacial score (nSPS) is 43.0. The van der Waals surface area contributed by atoms with Crippen LogP contribution >= 0.6 is 11.6 Å². The molecule has 2 N–H and O–H groups in total. The minimum atomic E-state index is -0.198. The van der Waals surface area contributed by atoms with Crippen molar-refractivity contribution in [2.24, 2.45) is 46.3 Å². The first-order valence-corrected chi connectivity index (χ1v) is 14.8. The lowest BCUT2D eigenvalue weighted by Crippen LogP contribution is -2.58. The fourth-order valence-electron chi connectivity index (χ4n) is 9.90. The SMILES string of the molecule is C[C@H](CCc1ncc2cc(Cl)ccc2n1)[C@H]1CC[C@H]2[C@H]3C(CC[C@]12C)[C@@]1(C)CC[C@@H](O)C[C@H]1C[C@@H]3O. The van der Waals surface area contributed by atoms with Crippen molar-refractivity contribution in [1.82, 2.24) is 9.97 Å². The second-order valence-electron chi connectivity index (χ2n) is 13.5. The van der Waals surface area contributed by atoms with Crippen molar-refractivity contribution < 1.29 is 10.2 Å². The molecule has 0 saturated heterocycles. The standard InChI is InChI=1S/C31H43ClN2O2/c1-18(4-9-28-33-17-19-14-21(32)5-8-26(19)34-28)23-6-7-24-29-25(11-13-31(23,24)3)30(2)12-10-22(35)15-20(30)16-27(29)36/h5,8,14,17-18,20,22-25,27,29,35-36H,4,6-7,9-13,15-16H2,1-3H3/t18-,20+,22-,23-,24+,25?,27+,29+,30+,31-/m1/s1. The second-order valence-corrected chi connectivity index (χ2v) is 13.9. The van der Waals surface area contributed by atoms with E-state index in [1.165, 1.54) is 25.7 Å². The van der Waals surface area contributed by atoms with Crippen LogP contribution in [0.5, 0.6) is 0 Å². The van der Waals surface area contributed by atoms with Crippen LogP contribution in [0.3, 0.4) is 0 Å². The molecule has 196 valence electrons. The smallest absolute Gasteiger partial charge is 0.128 e. The predicted octanol–water partition coefficient (Wildman–Crippen LogP) is 6.84. The van der Waals surface area contributed by atoms with Gasteiger partial charge >= 0.3 is 0 Å². The lowest BCUT2D eigenvalue weighted by molar-refractivity contribution is -0.174. The van der Waals surface area contributed by atoms with Gasteiger partial charge in [-0.05, 0) is 122 Å². The molecule has 0 spiro atoms. The van der Waals surface area contributed by atoms with Crippen molar-refractivity contribution in [2.45, 2.75) is 97.2 Å². The molecule has 1 unspecified atom stereocenters. The maximum atomic E-state index is 11.5. The number of fused-ring (bicyclic) bond motifs is 6. The van der Waals surface area contributed by atoms with E-state index in [1.54, 1.807) is 0 Å². The van der Waals surface area contributed by atoms with Gasteiger partial charge in [0.1, 0.15) is 5.82 Å². The number of aryl methyl sites for hydroxylation is 1. The Morgan fingerprint density at radius 2 is 1.81 bits per heavy atom. The Hall–Kier alpha value is -1.23. The van der Waals surface area contributed by atoms with E-state index in [9.17, 15) is 10.2 Å². The molecule has 4 aliphatic carbocycles. The molecule has 4 saturated carbocycles. The fourth-order valence-corrected chi connectivity index (χ4v) is 10.1. The van der Waals surface area contributed by atoms with E-state index in [0.717, 1.165) is 60.3 Å². The maximum absolute atomic E-state index is 11.5. The Morgan fingerprint density at radius 3 is 2.64 bits per heavy atom. The summed E-state index contributed by atoms with van der Waals surface area (Å²) in [7, 11) is 0. The van der Waals surface area contributed by atoms with Crippen LogP contribution in [-0.4, -0.2) is 32.4 Å². The van der Waals surface area contributed by atoms with Crippen LogP contribution in [0, 0.1) is 46.3 Å². The van der Waals surface area contributed by atoms with Crippen LogP contribution in [0.4, 0.5) is 0 Å². The summed E-state index contributed by atoms with van der Waals surface area (Å²) < 4.78 is 0. The quantitative estimate of drug-likeness (QED) is 0.472. The molecule has 4 aliphatic rings. The van der Waals surface area contributed by atoms with E-state index < -0.39 is 0 Å². The van der Waals surface area contributed by atoms with E-state index in [0.29, 0.717) is 46.3 Å². The monoisotopic (exact) mass is 510 g/mol. The van der Waals surface area contributed by atoms with Gasteiger partial charge < -0.3 is 10.2 Å². The molecular weight excluding hydrogens is 468 g/mol. The molecule has 4 nitrogen and oxygen atoms in total. The van der Waals surface area contributed by atoms with Gasteiger partial charge in [-0.15, -0.1) is 0 Å². The largest absolute Gasteiger partial charge is 0.393 e. The van der Waals surface area contributed by atoms with Gasteiger partial charge in [0.15, 0.2) is 0 Å². The van der Waals surface area contributed by atoms with Gasteiger partial charge in [0, 0.05) is 23.0 Å². The number of benzene rings is 1. The molecule has 1 heterocycles. The number of rotatable bonds is 4. The van der Waals surface area contributed by atoms with Gasteiger partial charge in [0.2, 0.25) is 0 Å². The summed E-state index contributed by atoms with van der Waals surface area (Å²) in [5, 5.41) is 23.5. The van der Waals surface area contributed by atoms with E-state index in [1.807, 2.05) is 24.4 Å². The van der Waals surface area contributed by atoms with Crippen molar-refractivity contribution in [1.29, 1.82) is 0 Å². The number of aliphatic hydroxyl groups is 2. The Labute approximate surface area is 221 Å². The van der Waals surface area contributed by atoms with Gasteiger partial charge in [-0.1, -0.05) is 32.4 Å². The fraction of sp³-hybridized carbons (Fsp3) is 0.742. The van der Waals surface area contributed by atoms with Gasteiger partial charge in [-0.25, -0.2) is 9.97 Å². The lowest BCUT2D eigenvalue weighted by Gasteiger charge is -2.62. The van der Waals surface area contributed by atoms with E-state index in [4.69, 9.17) is 16.6 Å². The maximum Gasteiger partial charge on any atom is 0.128 e. The van der Waals surface area contributed by atoms with Crippen LogP contribution in [0.1, 0.15) is 84.4 Å². The van der Waals surface area contributed by atoms with Crippen LogP contribution in [0.15, 0.2) is 24.4 Å². The average molecular weight is 511 g/mol. The molecule has 2 aromatic rings. The van der Waals surface area contributed by atoms with Gasteiger partial charge in [-0.2, -0.15) is 0 Å². The highest BCUT2D eigenvalue weighted by atomic mass is 35.5. The topological polar surface area (TPSA) is 66.2 Å². The van der Waals surface area contributed by atoms with Gasteiger partial charge in [0.05, 0.1) is 17.7 Å². The Kier molecular flexibility index (Phi) is 6.41. The van der Waals surface area contributed by atoms with Crippen LogP contribution in [-0.2, 0) is 6.42 Å². The molecule has 0 amide bonds. The summed E-state index contributed by atoms with van der Waals surface area (Å²) >= 11 is 6.12. The molecule has 4 fully saturated rings. The number of aliphatic hydroxyl groups excluding tert-OH is 2. The molecule has 0 aliphatic heterocycles. The molecule has 36 heavy (non-hydrogen) atoms. The molecule has 0 radical (unpaired) electrons. The molecule has 6 rings (SSSR count). The third kappa shape index (κ3) is 4.01. The highest BCUT2D eigenvalue weighted by Crippen LogP contribution is 2.68. The molecule has 1 aromatic heterocycles. The third-order valence-corrected chi connectivity index (χ3v) is 12.1. The zero-order chi connectivity index (χ0) is 25.2. The van der Waals surface area contributed by atoms with Crippen molar-refractivity contribution in [2.75, 3.05) is 0 Å². The summed E-state index contributed by atoms with van der Waals surface area (Å²) in [4.78, 5) is 9.45. The van der Waals surface area contributed by atoms with Crippen molar-refractivity contribution >= 4 is 22.5 Å². The Bertz CT molecular complexity index is 1120. The zero-order valence-corrected chi connectivity index (χ0v) is 22.9. The zero-order valence-electron chi connectivity index (χ0n) is 22.2. The van der Waals surface area contributed by atoms with Crippen molar-refractivity contribution in [3.63, 3.8) is 0 Å². The number of nitrogens with zero attached hydrogens (tertiary/aromatic N) is 2. The molecular formula is C31H43ClN2O2. The van der Waals surface area contributed by atoms with E-state index >= 15 is 0 Å². The predicted molar refractivity (Wildman–Crippen MR) is 145 cm³/mol. The first kappa shape index (κ1) is 25.1. The van der Waals surface area contributed by atoms with Gasteiger partial charge in [-0.3, -0.25) is 0 Å². The van der Waals surface area contributed by atoms with Crippen molar-refractivity contribution in [3.05, 3.63) is 35.2 Å². The van der Waals surface area contributed by atoms with E-state index in [2.05, 4.69) is 25.8 Å². The first-order valence-electron chi connectivity index (χ1n) is 14.5. The van der Waals surface area contributed by atoms with Crippen LogP contribution < -0.4 is 0 Å². The lowest BCUT2D eigenvalue weighted by atomic mass is 9.43. The summed E-state index contributed by atoms with van der Waals surface area (Å²) in [5.74, 6) is 4.42. The molecule has 5 heteroatoms. The van der Waals surface area contributed by atoms with Crippen LogP contribution in [0.2, 0.25) is 5.02 Å². The second kappa shape index (κ2) is 9.20. The summed E-state index contributed by atoms with van der Waals surface area (Å²) in [6.07, 6.45) is 12.5. The summed E-state index contributed by atoms with van der Waals surface area (Å²) in [6.45, 7) is 7.51. The average Bonchev–Trinajstić information content (AvgIpc) is 3.21. The summed E-state index contributed by atoms with van der Waals surface area (Å²) in [5.41, 5.74) is 1.59. The summed E-state index contributed by atoms with van der Waals surface area (Å²) in [6, 6.07) is 5.81. The number of hydrogen-bond donors (Lipinski definition) is 2. The minimum Gasteiger partial charge on any atom is -0.393 e. The molecule has 10 atom stereocenters. The highest BCUT2D eigenvalue weighted by Gasteiger charge is 2.62. The number of hydrogen-bond acceptors (Lipinski definition) is 4. The number of aromatic nitrogens is 2. The highest BCUT2D eigenvalue weighted by molar-refractivity contribution is 6.31. The van der Waals surface area contributed by atoms with Gasteiger partial charge in [0.25, 0.3) is 0 Å². The third-order valence-electron chi connectivity index (χ3n) is 11.8. The van der Waals surface area contributed by atoms with Crippen molar-refractivity contribution in [3.8, 4) is 0 Å². The first-order chi connectivity index (χ1) is 17.2. The minimum absolute atomic E-state index is 0.165. The molecule has 0 bridgehead atoms. The Balaban J connectivity index is 1.16. The van der Waals surface area contributed by atoms with E-state index in [-0.39, 0.29) is 12.2 Å². The molecule has 1 aromatic carbocycles. The number of halogens is 1. The Morgan fingerprint density at radius 1 is 1.03 bits per heavy atom.